The van der Waals surface area contributed by atoms with E-state index in [0.717, 1.165) is 16.0 Å². The molecule has 1 N–H and O–H groups in total. The van der Waals surface area contributed by atoms with E-state index < -0.39 is 18.1 Å². The Bertz CT molecular complexity index is 999. The van der Waals surface area contributed by atoms with Gasteiger partial charge in [-0.1, -0.05) is 0 Å². The van der Waals surface area contributed by atoms with E-state index in [9.17, 15) is 23.1 Å². The van der Waals surface area contributed by atoms with Crippen LogP contribution in [-0.2, 0) is 17.6 Å². The highest BCUT2D eigenvalue weighted by Crippen LogP contribution is 2.42. The summed E-state index contributed by atoms with van der Waals surface area (Å²) in [6.07, 6.45) is -4.29. The van der Waals surface area contributed by atoms with E-state index in [1.807, 2.05) is 0 Å². The molecule has 3 rings (SSSR count). The topological polar surface area (TPSA) is 77.5 Å². The van der Waals surface area contributed by atoms with Crippen LogP contribution in [0.4, 0.5) is 13.2 Å². The van der Waals surface area contributed by atoms with Gasteiger partial charge in [0.15, 0.2) is 23.0 Å². The zero-order valence-corrected chi connectivity index (χ0v) is 18.8. The number of halogens is 3. The molecule has 1 heterocycles. The van der Waals surface area contributed by atoms with Gasteiger partial charge in [-0.15, -0.1) is 0 Å². The van der Waals surface area contributed by atoms with Gasteiger partial charge in [0.2, 0.25) is 5.75 Å². The van der Waals surface area contributed by atoms with Crippen molar-refractivity contribution >= 4 is 5.91 Å². The fraction of sp³-hybridized carbons (Fsp3) is 0.435. The van der Waals surface area contributed by atoms with Crippen molar-refractivity contribution in [2.24, 2.45) is 0 Å². The number of carbonyl (C=O) groups is 1. The zero-order chi connectivity index (χ0) is 24.3. The van der Waals surface area contributed by atoms with Gasteiger partial charge in [0, 0.05) is 6.54 Å². The predicted octanol–water partition coefficient (Wildman–Crippen LogP) is 4.05. The average molecular weight is 469 g/mol. The maximum absolute atomic E-state index is 13.3. The summed E-state index contributed by atoms with van der Waals surface area (Å²) in [7, 11) is 5.81. The summed E-state index contributed by atoms with van der Waals surface area (Å²) in [5, 5.41) is 10.3. The van der Waals surface area contributed by atoms with Crippen LogP contribution in [0.3, 0.4) is 0 Å². The van der Waals surface area contributed by atoms with Gasteiger partial charge in [0.1, 0.15) is 0 Å². The van der Waals surface area contributed by atoms with Gasteiger partial charge in [-0.2, -0.15) is 13.2 Å². The normalized spacial score (nSPS) is 15.6. The molecule has 0 saturated carbocycles. The van der Waals surface area contributed by atoms with Crippen LogP contribution >= 0.6 is 0 Å². The fourth-order valence-corrected chi connectivity index (χ4v) is 4.18. The van der Waals surface area contributed by atoms with Crippen LogP contribution < -0.4 is 18.9 Å². The molecule has 0 bridgehead atoms. The number of aromatic hydroxyl groups is 1. The first-order valence-corrected chi connectivity index (χ1v) is 10.2. The van der Waals surface area contributed by atoms with Crippen LogP contribution in [0.5, 0.6) is 28.7 Å². The Hall–Kier alpha value is -3.30. The molecule has 0 saturated heterocycles. The minimum absolute atomic E-state index is 0.0980. The zero-order valence-electron chi connectivity index (χ0n) is 18.8. The first-order valence-electron chi connectivity index (χ1n) is 10.2. The van der Waals surface area contributed by atoms with Crippen molar-refractivity contribution in [3.63, 3.8) is 0 Å². The lowest BCUT2D eigenvalue weighted by molar-refractivity contribution is -0.188. The van der Waals surface area contributed by atoms with E-state index in [4.69, 9.17) is 18.9 Å². The summed E-state index contributed by atoms with van der Waals surface area (Å²) in [4.78, 5) is 13.0. The van der Waals surface area contributed by atoms with Crippen LogP contribution in [-0.4, -0.2) is 57.1 Å². The van der Waals surface area contributed by atoms with E-state index in [2.05, 4.69) is 0 Å². The number of aryl methyl sites for hydroxylation is 1. The number of methoxy groups -OCH3 is 4. The lowest BCUT2D eigenvalue weighted by Crippen LogP contribution is -2.46. The minimum Gasteiger partial charge on any atom is -0.504 e. The Morgan fingerprint density at radius 2 is 1.61 bits per heavy atom. The second-order valence-corrected chi connectivity index (χ2v) is 7.56. The number of hydrogen-bond donors (Lipinski definition) is 1. The third-order valence-corrected chi connectivity index (χ3v) is 5.73. The van der Waals surface area contributed by atoms with Crippen molar-refractivity contribution in [3.8, 4) is 28.7 Å². The Morgan fingerprint density at radius 3 is 2.12 bits per heavy atom. The van der Waals surface area contributed by atoms with Crippen molar-refractivity contribution in [2.45, 2.75) is 31.5 Å². The van der Waals surface area contributed by atoms with Gasteiger partial charge < -0.3 is 29.0 Å². The Morgan fingerprint density at radius 1 is 1.00 bits per heavy atom. The molecular weight excluding hydrogens is 443 g/mol. The minimum atomic E-state index is -5.00. The third-order valence-electron chi connectivity index (χ3n) is 5.73. The molecule has 1 atom stereocenters. The molecule has 1 amide bonds. The summed E-state index contributed by atoms with van der Waals surface area (Å²) in [5.41, 5.74) is 1.92. The predicted molar refractivity (Wildman–Crippen MR) is 113 cm³/mol. The van der Waals surface area contributed by atoms with Crippen molar-refractivity contribution in [3.05, 3.63) is 41.0 Å². The van der Waals surface area contributed by atoms with Crippen molar-refractivity contribution in [1.29, 1.82) is 0 Å². The SMILES string of the molecule is COc1cc2c(cc1O)C(CCc1cc(OC)c(OC)c(OC)c1)N(C(=O)C(F)(F)F)CC2. The molecule has 1 aliphatic heterocycles. The lowest BCUT2D eigenvalue weighted by Gasteiger charge is -2.38. The quantitative estimate of drug-likeness (QED) is 0.660. The lowest BCUT2D eigenvalue weighted by atomic mass is 9.88. The number of hydrogen-bond acceptors (Lipinski definition) is 6. The monoisotopic (exact) mass is 469 g/mol. The number of nitrogens with zero attached hydrogens (tertiary/aromatic N) is 1. The van der Waals surface area contributed by atoms with Crippen molar-refractivity contribution in [1.82, 2.24) is 4.90 Å². The molecule has 1 aliphatic rings. The van der Waals surface area contributed by atoms with Gasteiger partial charge >= 0.3 is 12.1 Å². The van der Waals surface area contributed by atoms with Crippen LogP contribution in [0.25, 0.3) is 0 Å². The number of phenolic OH excluding ortho intramolecular Hbond substituents is 1. The number of rotatable bonds is 7. The molecule has 0 aliphatic carbocycles. The van der Waals surface area contributed by atoms with Gasteiger partial charge in [-0.05, 0) is 60.2 Å². The molecule has 2 aromatic carbocycles. The number of amides is 1. The second kappa shape index (κ2) is 9.68. The number of phenols is 1. The summed E-state index contributed by atoms with van der Waals surface area (Å²) in [5.74, 6) is -0.637. The fourth-order valence-electron chi connectivity index (χ4n) is 4.18. The van der Waals surface area contributed by atoms with E-state index in [0.29, 0.717) is 29.2 Å². The number of alkyl halides is 3. The Balaban J connectivity index is 1.99. The van der Waals surface area contributed by atoms with Gasteiger partial charge in [0.05, 0.1) is 34.5 Å². The molecule has 0 fully saturated rings. The summed E-state index contributed by atoms with van der Waals surface area (Å²) < 4.78 is 61.1. The number of carbonyl (C=O) groups excluding carboxylic acids is 1. The van der Waals surface area contributed by atoms with Crippen LogP contribution in [0.1, 0.15) is 29.2 Å². The molecule has 2 aromatic rings. The Kier molecular flexibility index (Phi) is 7.14. The largest absolute Gasteiger partial charge is 0.504 e. The molecule has 180 valence electrons. The number of fused-ring (bicyclic) bond motifs is 1. The van der Waals surface area contributed by atoms with Crippen molar-refractivity contribution in [2.75, 3.05) is 35.0 Å². The first-order chi connectivity index (χ1) is 15.6. The third kappa shape index (κ3) is 4.89. The molecule has 0 radical (unpaired) electrons. The van der Waals surface area contributed by atoms with Gasteiger partial charge in [0.25, 0.3) is 0 Å². The van der Waals surface area contributed by atoms with Crippen LogP contribution in [0, 0.1) is 0 Å². The Labute approximate surface area is 189 Å². The summed E-state index contributed by atoms with van der Waals surface area (Å²) in [6.45, 7) is -0.0980. The second-order valence-electron chi connectivity index (χ2n) is 7.56. The van der Waals surface area contributed by atoms with Crippen LogP contribution in [0.2, 0.25) is 0 Å². The number of benzene rings is 2. The molecule has 7 nitrogen and oxygen atoms in total. The standard InChI is InChI=1S/C23H26F3NO6/c1-30-18-11-14-7-8-27(22(29)23(24,25)26)16(15(14)12-17(18)28)6-5-13-9-19(31-2)21(33-4)20(10-13)32-3/h9-12,16,28H,5-8H2,1-4H3. The molecule has 1 unspecified atom stereocenters. The molecular formula is C23H26F3NO6. The van der Waals surface area contributed by atoms with Gasteiger partial charge in [-0.3, -0.25) is 4.79 Å². The van der Waals surface area contributed by atoms with Gasteiger partial charge in [-0.25, -0.2) is 0 Å². The van der Waals surface area contributed by atoms with E-state index in [1.54, 1.807) is 18.2 Å². The molecule has 0 aromatic heterocycles. The summed E-state index contributed by atoms with van der Waals surface area (Å²) in [6, 6.07) is 5.52. The maximum atomic E-state index is 13.3. The molecule has 33 heavy (non-hydrogen) atoms. The van der Waals surface area contributed by atoms with E-state index >= 15 is 0 Å². The van der Waals surface area contributed by atoms with Crippen molar-refractivity contribution < 1.29 is 42.0 Å². The highest BCUT2D eigenvalue weighted by atomic mass is 19.4. The van der Waals surface area contributed by atoms with E-state index in [-0.39, 0.29) is 30.9 Å². The molecule has 0 spiro atoms. The maximum Gasteiger partial charge on any atom is 0.471 e. The summed E-state index contributed by atoms with van der Waals surface area (Å²) >= 11 is 0. The molecule has 10 heteroatoms. The highest BCUT2D eigenvalue weighted by Gasteiger charge is 2.46. The first kappa shape index (κ1) is 24.3. The smallest absolute Gasteiger partial charge is 0.471 e. The van der Waals surface area contributed by atoms with E-state index in [1.165, 1.54) is 34.5 Å². The van der Waals surface area contributed by atoms with Crippen LogP contribution in [0.15, 0.2) is 24.3 Å². The average Bonchev–Trinajstić information content (AvgIpc) is 2.80. The number of ether oxygens (including phenoxy) is 4. The highest BCUT2D eigenvalue weighted by molar-refractivity contribution is 5.82.